The first-order valence-corrected chi connectivity index (χ1v) is 8.84. The Morgan fingerprint density at radius 3 is 2.95 bits per heavy atom. The number of hydrogen-bond donors (Lipinski definition) is 2. The molecular formula is C16H20N4OS. The molecule has 0 fully saturated rings. The van der Waals surface area contributed by atoms with Crippen molar-refractivity contribution in [2.24, 2.45) is 5.92 Å². The number of nitrogens with zero attached hydrogens (tertiary/aromatic N) is 2. The Labute approximate surface area is 133 Å². The lowest BCUT2D eigenvalue weighted by Gasteiger charge is -2.19. The molecule has 1 amide bonds. The normalized spacial score (nSPS) is 20.3. The molecule has 5 nitrogen and oxygen atoms in total. The van der Waals surface area contributed by atoms with Gasteiger partial charge in [0, 0.05) is 22.9 Å². The highest BCUT2D eigenvalue weighted by molar-refractivity contribution is 7.15. The number of imidazole rings is 1. The predicted molar refractivity (Wildman–Crippen MR) is 86.2 cm³/mol. The second-order valence-electron chi connectivity index (χ2n) is 6.27. The van der Waals surface area contributed by atoms with Crippen LogP contribution >= 0.6 is 11.3 Å². The average Bonchev–Trinajstić information content (AvgIpc) is 3.07. The molecule has 6 heteroatoms. The van der Waals surface area contributed by atoms with Crippen molar-refractivity contribution in [1.82, 2.24) is 15.0 Å². The maximum absolute atomic E-state index is 12.5. The van der Waals surface area contributed by atoms with Crippen LogP contribution in [-0.4, -0.2) is 20.9 Å². The third-order valence-electron chi connectivity index (χ3n) is 4.61. The van der Waals surface area contributed by atoms with Crippen molar-refractivity contribution in [2.45, 2.75) is 51.9 Å². The number of thiazole rings is 1. The summed E-state index contributed by atoms with van der Waals surface area (Å²) in [5.41, 5.74) is 3.45. The molecule has 2 aromatic heterocycles. The van der Waals surface area contributed by atoms with Crippen LogP contribution in [0.15, 0.2) is 0 Å². The first kappa shape index (κ1) is 13.9. The van der Waals surface area contributed by atoms with Crippen LogP contribution in [0, 0.1) is 12.8 Å². The van der Waals surface area contributed by atoms with Gasteiger partial charge in [-0.15, -0.1) is 11.3 Å². The van der Waals surface area contributed by atoms with Crippen molar-refractivity contribution in [3.8, 4) is 0 Å². The van der Waals surface area contributed by atoms with E-state index in [2.05, 4.69) is 20.3 Å². The number of nitrogens with one attached hydrogen (secondary N) is 2. The van der Waals surface area contributed by atoms with Gasteiger partial charge in [0.1, 0.15) is 5.82 Å². The fraction of sp³-hybridized carbons (Fsp3) is 0.562. The Hall–Kier alpha value is -1.69. The lowest BCUT2D eigenvalue weighted by molar-refractivity contribution is -0.120. The van der Waals surface area contributed by atoms with E-state index in [1.54, 1.807) is 11.3 Å². The fourth-order valence-electron chi connectivity index (χ4n) is 3.46. The Bertz CT molecular complexity index is 694. The zero-order chi connectivity index (χ0) is 15.1. The van der Waals surface area contributed by atoms with E-state index in [1.807, 2.05) is 6.92 Å². The van der Waals surface area contributed by atoms with Gasteiger partial charge in [-0.25, -0.2) is 9.97 Å². The minimum Gasteiger partial charge on any atom is -0.346 e. The largest absolute Gasteiger partial charge is 0.346 e. The highest BCUT2D eigenvalue weighted by Crippen LogP contribution is 2.31. The van der Waals surface area contributed by atoms with Gasteiger partial charge in [-0.3, -0.25) is 4.79 Å². The third kappa shape index (κ3) is 2.56. The topological polar surface area (TPSA) is 70.7 Å². The van der Waals surface area contributed by atoms with Gasteiger partial charge in [-0.05, 0) is 45.4 Å². The van der Waals surface area contributed by atoms with Gasteiger partial charge in [-0.2, -0.15) is 0 Å². The van der Waals surface area contributed by atoms with E-state index in [0.29, 0.717) is 0 Å². The Balaban J connectivity index is 1.45. The quantitative estimate of drug-likeness (QED) is 0.895. The first-order valence-electron chi connectivity index (χ1n) is 8.03. The van der Waals surface area contributed by atoms with Gasteiger partial charge < -0.3 is 10.3 Å². The molecule has 2 aromatic rings. The summed E-state index contributed by atoms with van der Waals surface area (Å²) in [7, 11) is 0. The summed E-state index contributed by atoms with van der Waals surface area (Å²) in [6.07, 6.45) is 7.14. The molecule has 2 heterocycles. The summed E-state index contributed by atoms with van der Waals surface area (Å²) in [6, 6.07) is 0. The molecule has 2 N–H and O–H groups in total. The van der Waals surface area contributed by atoms with Gasteiger partial charge in [0.2, 0.25) is 5.91 Å². The van der Waals surface area contributed by atoms with Crippen molar-refractivity contribution in [2.75, 3.05) is 5.32 Å². The monoisotopic (exact) mass is 316 g/mol. The number of aromatic nitrogens is 3. The molecule has 0 aromatic carbocycles. The molecule has 2 aliphatic rings. The van der Waals surface area contributed by atoms with Crippen LogP contribution in [-0.2, 0) is 30.5 Å². The van der Waals surface area contributed by atoms with E-state index >= 15 is 0 Å². The summed E-state index contributed by atoms with van der Waals surface area (Å²) in [6.45, 7) is 1.97. The zero-order valence-electron chi connectivity index (χ0n) is 12.7. The second-order valence-corrected chi connectivity index (χ2v) is 7.36. The molecule has 116 valence electrons. The number of anilines is 1. The van der Waals surface area contributed by atoms with Crippen LogP contribution in [0.4, 0.5) is 5.13 Å². The molecule has 0 aliphatic heterocycles. The van der Waals surface area contributed by atoms with Gasteiger partial charge in [0.25, 0.3) is 0 Å². The van der Waals surface area contributed by atoms with Crippen LogP contribution in [0.1, 0.15) is 47.0 Å². The molecule has 1 unspecified atom stereocenters. The van der Waals surface area contributed by atoms with Crippen LogP contribution in [0.3, 0.4) is 0 Å². The number of aryl methyl sites for hydroxylation is 4. The average molecular weight is 316 g/mol. The molecule has 0 bridgehead atoms. The molecule has 2 aliphatic carbocycles. The van der Waals surface area contributed by atoms with Crippen LogP contribution in [0.5, 0.6) is 0 Å². The van der Waals surface area contributed by atoms with Crippen molar-refractivity contribution in [3.05, 3.63) is 27.8 Å². The Morgan fingerprint density at radius 1 is 1.23 bits per heavy atom. The SMILES string of the molecule is Cc1nc2c([nH]1)CC(C(=O)Nc1nc3c(s1)CCCC3)CC2. The number of rotatable bonds is 2. The predicted octanol–water partition coefficient (Wildman–Crippen LogP) is 2.80. The number of aromatic amines is 1. The van der Waals surface area contributed by atoms with Crippen molar-refractivity contribution in [3.63, 3.8) is 0 Å². The van der Waals surface area contributed by atoms with Crippen LogP contribution < -0.4 is 5.32 Å². The second kappa shape index (κ2) is 5.50. The van der Waals surface area contributed by atoms with Crippen molar-refractivity contribution in [1.29, 1.82) is 0 Å². The molecule has 4 rings (SSSR count). The Kier molecular flexibility index (Phi) is 3.48. The summed E-state index contributed by atoms with van der Waals surface area (Å²) < 4.78 is 0. The number of fused-ring (bicyclic) bond motifs is 2. The molecular weight excluding hydrogens is 296 g/mol. The number of H-pyrrole nitrogens is 1. The molecule has 22 heavy (non-hydrogen) atoms. The standard InChI is InChI=1S/C16H20N4OS/c1-9-17-11-7-6-10(8-13(11)18-9)15(21)20-16-19-12-4-2-3-5-14(12)22-16/h10H,2-8H2,1H3,(H,17,18)(H,19,20,21). The third-order valence-corrected chi connectivity index (χ3v) is 5.68. The summed E-state index contributed by atoms with van der Waals surface area (Å²) in [4.78, 5) is 26.2. The van der Waals surface area contributed by atoms with E-state index in [4.69, 9.17) is 0 Å². The number of hydrogen-bond acceptors (Lipinski definition) is 4. The minimum absolute atomic E-state index is 0.0216. The maximum Gasteiger partial charge on any atom is 0.229 e. The number of carbonyl (C=O) groups excluding carboxylic acids is 1. The van der Waals surface area contributed by atoms with E-state index < -0.39 is 0 Å². The molecule has 0 saturated heterocycles. The molecule has 0 saturated carbocycles. The van der Waals surface area contributed by atoms with E-state index in [0.717, 1.165) is 54.4 Å². The summed E-state index contributed by atoms with van der Waals surface area (Å²) in [5.74, 6) is 1.07. The molecule has 1 atom stereocenters. The summed E-state index contributed by atoms with van der Waals surface area (Å²) >= 11 is 1.65. The van der Waals surface area contributed by atoms with Gasteiger partial charge in [-0.1, -0.05) is 0 Å². The van der Waals surface area contributed by atoms with E-state index in [1.165, 1.54) is 23.4 Å². The first-order chi connectivity index (χ1) is 10.7. The maximum atomic E-state index is 12.5. The van der Waals surface area contributed by atoms with Gasteiger partial charge in [0.05, 0.1) is 11.4 Å². The zero-order valence-corrected chi connectivity index (χ0v) is 13.6. The minimum atomic E-state index is 0.0216. The van der Waals surface area contributed by atoms with E-state index in [9.17, 15) is 4.79 Å². The highest BCUT2D eigenvalue weighted by atomic mass is 32.1. The van der Waals surface area contributed by atoms with Crippen LogP contribution in [0.25, 0.3) is 0 Å². The Morgan fingerprint density at radius 2 is 2.09 bits per heavy atom. The van der Waals surface area contributed by atoms with E-state index in [-0.39, 0.29) is 11.8 Å². The van der Waals surface area contributed by atoms with Crippen molar-refractivity contribution >= 4 is 22.4 Å². The smallest absolute Gasteiger partial charge is 0.229 e. The number of carbonyl (C=O) groups is 1. The number of amides is 1. The van der Waals surface area contributed by atoms with Gasteiger partial charge >= 0.3 is 0 Å². The van der Waals surface area contributed by atoms with Crippen LogP contribution in [0.2, 0.25) is 0 Å². The molecule has 0 radical (unpaired) electrons. The lowest BCUT2D eigenvalue weighted by atomic mass is 9.89. The van der Waals surface area contributed by atoms with Gasteiger partial charge in [0.15, 0.2) is 5.13 Å². The highest BCUT2D eigenvalue weighted by Gasteiger charge is 2.27. The fourth-order valence-corrected chi connectivity index (χ4v) is 4.51. The summed E-state index contributed by atoms with van der Waals surface area (Å²) in [5, 5.41) is 3.82. The van der Waals surface area contributed by atoms with Crippen molar-refractivity contribution < 1.29 is 4.79 Å². The molecule has 0 spiro atoms. The lowest BCUT2D eigenvalue weighted by Crippen LogP contribution is -2.28.